The van der Waals surface area contributed by atoms with Gasteiger partial charge in [0.05, 0.1) is 43.0 Å². The topological polar surface area (TPSA) is 119 Å². The Balaban J connectivity index is 3.34. The Kier molecular flexibility index (Phi) is 36.8. The summed E-state index contributed by atoms with van der Waals surface area (Å²) in [6.07, 6.45) is 0. The molecule has 0 saturated carbocycles. The maximum absolute atomic E-state index is 12.1. The summed E-state index contributed by atoms with van der Waals surface area (Å²) in [6, 6.07) is 0. The largest absolute Gasteiger partial charge is 0.464 e. The zero-order valence-electron chi connectivity index (χ0n) is 21.9. The first-order chi connectivity index (χ1) is 19.1. The van der Waals surface area contributed by atoms with Gasteiger partial charge in [-0.05, 0) is 0 Å². The predicted octanol–water partition coefficient (Wildman–Crippen LogP) is 4.12. The van der Waals surface area contributed by atoms with Gasteiger partial charge in [0.15, 0.2) is 5.12 Å². The molecule has 39 heavy (non-hydrogen) atoms. The Labute approximate surface area is 274 Å². The van der Waals surface area contributed by atoms with E-state index in [4.69, 9.17) is 24.7 Å². The Bertz CT molecular complexity index is 595. The highest BCUT2D eigenvalue weighted by Gasteiger charge is 2.06. The van der Waals surface area contributed by atoms with Crippen molar-refractivity contribution >= 4 is 128 Å². The van der Waals surface area contributed by atoms with Crippen LogP contribution in [0.3, 0.4) is 0 Å². The molecular weight excluding hydrogens is 701 g/mol. The Morgan fingerprint density at radius 2 is 1.21 bits per heavy atom. The maximum atomic E-state index is 12.1. The van der Waals surface area contributed by atoms with Crippen LogP contribution in [0.5, 0.6) is 0 Å². The number of thioether (sulfide) groups is 9. The summed E-state index contributed by atoms with van der Waals surface area (Å²) in [7, 11) is -0.865. The molecule has 0 bridgehead atoms. The fraction of sp³-hybridized carbons (Fsp3) is 0.905. The number of ether oxygens (including phenoxy) is 1. The number of carbonyl (C=O) groups is 2. The van der Waals surface area contributed by atoms with Gasteiger partial charge in [0, 0.05) is 71.4 Å². The molecule has 232 valence electrons. The third kappa shape index (κ3) is 34.6. The number of carbonyl (C=O) groups excluding carboxylic acids is 2. The van der Waals surface area contributed by atoms with Gasteiger partial charge in [0.25, 0.3) is 0 Å². The van der Waals surface area contributed by atoms with Crippen LogP contribution >= 0.6 is 106 Å². The SMILES string of the molecule is O=C(CSCSCCS(=O)CSCSCSC(=O)CSCSCCOOCCSCCO)OCCSCCO. The van der Waals surface area contributed by atoms with Crippen molar-refractivity contribution in [3.8, 4) is 0 Å². The van der Waals surface area contributed by atoms with E-state index in [1.165, 1.54) is 23.5 Å². The van der Waals surface area contributed by atoms with Crippen molar-refractivity contribution in [2.45, 2.75) is 0 Å². The second-order valence-corrected chi connectivity index (χ2v) is 19.7. The van der Waals surface area contributed by atoms with Crippen molar-refractivity contribution < 1.29 is 38.5 Å². The van der Waals surface area contributed by atoms with E-state index in [1.807, 2.05) is 0 Å². The third-order valence-corrected chi connectivity index (χ3v) is 15.7. The molecule has 1 atom stereocenters. The quantitative estimate of drug-likeness (QED) is 0.0348. The summed E-state index contributed by atoms with van der Waals surface area (Å²) in [6.45, 7) is 1.73. The van der Waals surface area contributed by atoms with E-state index in [0.717, 1.165) is 32.5 Å². The second-order valence-electron chi connectivity index (χ2n) is 6.71. The minimum absolute atomic E-state index is 0.138. The highest BCUT2D eigenvalue weighted by molar-refractivity contribution is 8.29. The van der Waals surface area contributed by atoms with Crippen LogP contribution < -0.4 is 0 Å². The smallest absolute Gasteiger partial charge is 0.315 e. The molecule has 0 aromatic rings. The fourth-order valence-electron chi connectivity index (χ4n) is 1.96. The second kappa shape index (κ2) is 34.8. The van der Waals surface area contributed by atoms with Crippen molar-refractivity contribution in [3.63, 3.8) is 0 Å². The van der Waals surface area contributed by atoms with E-state index in [9.17, 15) is 13.8 Å². The molecule has 0 aliphatic heterocycles. The average molecular weight is 741 g/mol. The van der Waals surface area contributed by atoms with Gasteiger partial charge >= 0.3 is 5.97 Å². The summed E-state index contributed by atoms with van der Waals surface area (Å²) >= 11 is 14.3. The molecule has 0 aromatic heterocycles. The predicted molar refractivity (Wildman–Crippen MR) is 187 cm³/mol. The van der Waals surface area contributed by atoms with Crippen LogP contribution in [0.4, 0.5) is 0 Å². The van der Waals surface area contributed by atoms with Crippen LogP contribution in [0.25, 0.3) is 0 Å². The molecule has 0 spiro atoms. The van der Waals surface area contributed by atoms with Gasteiger partial charge < -0.3 is 14.9 Å². The zero-order valence-corrected chi connectivity index (χ0v) is 30.0. The van der Waals surface area contributed by atoms with Gasteiger partial charge in [-0.15, -0.1) is 58.8 Å². The van der Waals surface area contributed by atoms with Crippen LogP contribution in [0.2, 0.25) is 0 Å². The van der Waals surface area contributed by atoms with Gasteiger partial charge in [-0.3, -0.25) is 13.8 Å². The van der Waals surface area contributed by atoms with Gasteiger partial charge in [0.2, 0.25) is 0 Å². The number of esters is 1. The summed E-state index contributed by atoms with van der Waals surface area (Å²) < 4.78 is 17.2. The number of hydrogen-bond donors (Lipinski definition) is 2. The van der Waals surface area contributed by atoms with Crippen LogP contribution in [-0.4, -0.2) is 136 Å². The average Bonchev–Trinajstić information content (AvgIpc) is 2.93. The Morgan fingerprint density at radius 1 is 0.615 bits per heavy atom. The standard InChI is InChI=1S/C21H40O8S10/c22-1-6-30-8-3-27-20(24)13-34-16-33-11-12-39(26)19-37-17-36-18-38-21(25)14-35-15-32-10-5-29-28-4-9-31-7-2-23/h22-23H,1-19H2. The number of hydrogen-bond acceptors (Lipinski definition) is 17. The first-order valence-corrected chi connectivity index (χ1v) is 23.6. The number of aliphatic hydroxyl groups is 2. The highest BCUT2D eigenvalue weighted by atomic mass is 32.3. The first kappa shape index (κ1) is 41.3. The fourth-order valence-corrected chi connectivity index (χ4v) is 12.3. The molecule has 0 radical (unpaired) electrons. The Hall–Kier alpha value is 2.28. The molecular formula is C21H40O8S10. The summed E-state index contributed by atoms with van der Waals surface area (Å²) in [5.41, 5.74) is 0. The molecule has 0 saturated heterocycles. The zero-order chi connectivity index (χ0) is 28.7. The van der Waals surface area contributed by atoms with Crippen molar-refractivity contribution in [2.24, 2.45) is 0 Å². The van der Waals surface area contributed by atoms with Crippen molar-refractivity contribution in [3.05, 3.63) is 0 Å². The summed E-state index contributed by atoms with van der Waals surface area (Å²) in [5, 5.41) is 21.3. The molecule has 0 aromatic carbocycles. The van der Waals surface area contributed by atoms with E-state index in [-0.39, 0.29) is 24.3 Å². The molecule has 18 heteroatoms. The van der Waals surface area contributed by atoms with E-state index in [1.54, 1.807) is 82.3 Å². The molecule has 0 aliphatic carbocycles. The molecule has 2 N–H and O–H groups in total. The normalized spacial score (nSPS) is 12.1. The monoisotopic (exact) mass is 740 g/mol. The molecule has 0 aliphatic rings. The van der Waals surface area contributed by atoms with Crippen LogP contribution in [0, 0.1) is 0 Å². The van der Waals surface area contributed by atoms with Gasteiger partial charge in [-0.2, -0.15) is 35.3 Å². The van der Waals surface area contributed by atoms with Crippen molar-refractivity contribution in [2.75, 3.05) is 110 Å². The first-order valence-electron chi connectivity index (χ1n) is 11.8. The molecule has 0 heterocycles. The van der Waals surface area contributed by atoms with E-state index >= 15 is 0 Å². The number of aliphatic hydroxyl groups excluding tert-OH is 2. The molecule has 0 rings (SSSR count). The lowest BCUT2D eigenvalue weighted by Crippen LogP contribution is -2.10. The van der Waals surface area contributed by atoms with Crippen molar-refractivity contribution in [1.29, 1.82) is 0 Å². The third-order valence-electron chi connectivity index (χ3n) is 3.58. The van der Waals surface area contributed by atoms with Crippen molar-refractivity contribution in [1.82, 2.24) is 0 Å². The lowest BCUT2D eigenvalue weighted by Gasteiger charge is -2.05. The minimum atomic E-state index is -0.865. The van der Waals surface area contributed by atoms with Gasteiger partial charge in [-0.25, -0.2) is 9.78 Å². The lowest BCUT2D eigenvalue weighted by atomic mass is 10.8. The highest BCUT2D eigenvalue weighted by Crippen LogP contribution is 2.21. The summed E-state index contributed by atoms with van der Waals surface area (Å²) in [4.78, 5) is 33.6. The van der Waals surface area contributed by atoms with Gasteiger partial charge in [-0.1, -0.05) is 11.8 Å². The van der Waals surface area contributed by atoms with Crippen LogP contribution in [-0.2, 0) is 34.9 Å². The van der Waals surface area contributed by atoms with E-state index in [0.29, 0.717) is 64.5 Å². The number of rotatable bonds is 31. The lowest BCUT2D eigenvalue weighted by molar-refractivity contribution is -0.285. The van der Waals surface area contributed by atoms with Gasteiger partial charge in [0.1, 0.15) is 6.61 Å². The molecule has 0 fully saturated rings. The molecule has 0 amide bonds. The van der Waals surface area contributed by atoms with Crippen LogP contribution in [0.15, 0.2) is 0 Å². The summed E-state index contributed by atoms with van der Waals surface area (Å²) in [5.74, 6) is 5.73. The van der Waals surface area contributed by atoms with Crippen LogP contribution in [0.1, 0.15) is 0 Å². The molecule has 1 unspecified atom stereocenters. The maximum Gasteiger partial charge on any atom is 0.315 e. The molecule has 8 nitrogen and oxygen atoms in total. The van der Waals surface area contributed by atoms with E-state index < -0.39 is 10.8 Å². The van der Waals surface area contributed by atoms with E-state index in [2.05, 4.69) is 0 Å². The minimum Gasteiger partial charge on any atom is -0.464 e. The Morgan fingerprint density at radius 3 is 1.90 bits per heavy atom.